The summed E-state index contributed by atoms with van der Waals surface area (Å²) in [6.45, 7) is 6.29. The fourth-order valence-electron chi connectivity index (χ4n) is 4.75. The smallest absolute Gasteiger partial charge is 0.305 e. The first-order valence-electron chi connectivity index (χ1n) is 12.6. The molecule has 8 heteroatoms. The molecule has 0 fully saturated rings. The third kappa shape index (κ3) is 7.05. The molecular formula is C29H35FN2O5. The molecule has 3 aromatic rings. The second kappa shape index (κ2) is 12.7. The second-order valence-corrected chi connectivity index (χ2v) is 9.50. The van der Waals surface area contributed by atoms with Crippen LogP contribution in [0, 0.1) is 5.82 Å². The van der Waals surface area contributed by atoms with E-state index in [1.165, 1.54) is 12.1 Å². The molecule has 0 radical (unpaired) electrons. The van der Waals surface area contributed by atoms with Crippen molar-refractivity contribution in [1.82, 2.24) is 4.57 Å². The molecule has 0 saturated heterocycles. The van der Waals surface area contributed by atoms with E-state index in [0.29, 0.717) is 24.2 Å². The Labute approximate surface area is 216 Å². The summed E-state index contributed by atoms with van der Waals surface area (Å²) >= 11 is 0. The number of nitrogens with one attached hydrogen (secondary N) is 1. The quantitative estimate of drug-likeness (QED) is 0.267. The topological polar surface area (TPSA) is 112 Å². The number of carbonyl (C=O) groups excluding carboxylic acids is 1. The average molecular weight is 511 g/mol. The van der Waals surface area contributed by atoms with Crippen LogP contribution in [0.5, 0.6) is 0 Å². The van der Waals surface area contributed by atoms with E-state index >= 15 is 0 Å². The maximum Gasteiger partial charge on any atom is 0.305 e. The number of carboxylic acid groups (broad SMARTS) is 1. The molecule has 0 bridgehead atoms. The monoisotopic (exact) mass is 510 g/mol. The maximum absolute atomic E-state index is 13.8. The molecule has 0 aliphatic rings. The van der Waals surface area contributed by atoms with E-state index in [1.807, 2.05) is 55.7 Å². The second-order valence-electron chi connectivity index (χ2n) is 9.50. The lowest BCUT2D eigenvalue weighted by Gasteiger charge is -2.19. The number of anilines is 1. The molecule has 3 rings (SSSR count). The molecule has 0 spiro atoms. The van der Waals surface area contributed by atoms with Gasteiger partial charge in [-0.05, 0) is 72.7 Å². The number of aliphatic hydroxyl groups is 2. The lowest BCUT2D eigenvalue weighted by molar-refractivity contribution is -0.139. The van der Waals surface area contributed by atoms with E-state index in [1.54, 1.807) is 12.1 Å². The van der Waals surface area contributed by atoms with Crippen molar-refractivity contribution in [2.45, 2.75) is 71.1 Å². The van der Waals surface area contributed by atoms with Crippen LogP contribution in [0.4, 0.5) is 10.1 Å². The molecule has 2 aromatic carbocycles. The van der Waals surface area contributed by atoms with Gasteiger partial charge >= 0.3 is 5.97 Å². The molecule has 0 saturated carbocycles. The molecule has 1 heterocycles. The van der Waals surface area contributed by atoms with Crippen molar-refractivity contribution in [3.8, 4) is 11.3 Å². The third-order valence-corrected chi connectivity index (χ3v) is 6.34. The average Bonchev–Trinajstić information content (AvgIpc) is 3.18. The van der Waals surface area contributed by atoms with Crippen molar-refractivity contribution in [2.24, 2.45) is 0 Å². The Morgan fingerprint density at radius 3 is 2.22 bits per heavy atom. The highest BCUT2D eigenvalue weighted by molar-refractivity contribution is 6.07. The summed E-state index contributed by atoms with van der Waals surface area (Å²) in [5.41, 5.74) is 4.37. The molecular weight excluding hydrogens is 475 g/mol. The third-order valence-electron chi connectivity index (χ3n) is 6.34. The fourth-order valence-corrected chi connectivity index (χ4v) is 4.75. The number of para-hydroxylation sites is 1. The number of amides is 1. The van der Waals surface area contributed by atoms with Crippen LogP contribution in [0.1, 0.15) is 67.6 Å². The van der Waals surface area contributed by atoms with E-state index < -0.39 is 24.6 Å². The van der Waals surface area contributed by atoms with Gasteiger partial charge in [-0.2, -0.15) is 0 Å². The molecule has 1 amide bonds. The summed E-state index contributed by atoms with van der Waals surface area (Å²) in [4.78, 5) is 24.5. The van der Waals surface area contributed by atoms with Crippen molar-refractivity contribution in [3.63, 3.8) is 0 Å². The van der Waals surface area contributed by atoms with Crippen LogP contribution in [0.3, 0.4) is 0 Å². The number of carboxylic acids is 1. The first kappa shape index (κ1) is 28.1. The van der Waals surface area contributed by atoms with E-state index in [-0.39, 0.29) is 30.5 Å². The van der Waals surface area contributed by atoms with Crippen LogP contribution in [-0.4, -0.2) is 44.0 Å². The Balaban J connectivity index is 2.07. The molecule has 0 unspecified atom stereocenters. The van der Waals surface area contributed by atoms with Crippen LogP contribution < -0.4 is 5.32 Å². The summed E-state index contributed by atoms with van der Waals surface area (Å²) < 4.78 is 15.8. The van der Waals surface area contributed by atoms with Crippen LogP contribution in [0.2, 0.25) is 0 Å². The number of hydrogen-bond acceptors (Lipinski definition) is 4. The van der Waals surface area contributed by atoms with Gasteiger partial charge in [0.25, 0.3) is 5.91 Å². The minimum atomic E-state index is -1.15. The molecule has 7 nitrogen and oxygen atoms in total. The lowest BCUT2D eigenvalue weighted by Crippen LogP contribution is -2.22. The van der Waals surface area contributed by atoms with Gasteiger partial charge in [-0.3, -0.25) is 9.59 Å². The van der Waals surface area contributed by atoms with Gasteiger partial charge in [0.05, 0.1) is 29.9 Å². The molecule has 2 atom stereocenters. The van der Waals surface area contributed by atoms with E-state index in [4.69, 9.17) is 5.11 Å². The number of benzene rings is 2. The van der Waals surface area contributed by atoms with Gasteiger partial charge in [-0.25, -0.2) is 4.39 Å². The number of nitrogens with zero attached hydrogens (tertiary/aromatic N) is 1. The van der Waals surface area contributed by atoms with Gasteiger partial charge in [0.1, 0.15) is 5.82 Å². The van der Waals surface area contributed by atoms with Crippen LogP contribution in [-0.2, 0) is 17.8 Å². The summed E-state index contributed by atoms with van der Waals surface area (Å²) in [6.07, 6.45) is -1.83. The zero-order valence-electron chi connectivity index (χ0n) is 21.4. The first-order chi connectivity index (χ1) is 17.6. The number of rotatable bonds is 12. The highest BCUT2D eigenvalue weighted by Crippen LogP contribution is 2.38. The van der Waals surface area contributed by atoms with Gasteiger partial charge < -0.3 is 25.2 Å². The summed E-state index contributed by atoms with van der Waals surface area (Å²) in [6, 6.07) is 15.3. The molecule has 37 heavy (non-hydrogen) atoms. The number of carbonyl (C=O) groups is 2. The van der Waals surface area contributed by atoms with Gasteiger partial charge in [0, 0.05) is 17.9 Å². The van der Waals surface area contributed by atoms with Crippen molar-refractivity contribution in [1.29, 1.82) is 0 Å². The zero-order chi connectivity index (χ0) is 27.1. The standard InChI is InChI=1S/C29H35FN2O5/c1-4-24-27(29(37)31-21-8-6-5-7-9-21)26(18(2)3)28(19-10-12-20(30)13-11-19)32(24)15-14-22(33)16-23(34)17-25(35)36/h5-13,18,22-23,33-34H,4,14-17H2,1-3H3,(H,31,37)(H,35,36)/t22-,23-/m1/s1. The number of hydrogen-bond donors (Lipinski definition) is 4. The Hall–Kier alpha value is -3.49. The lowest BCUT2D eigenvalue weighted by atomic mass is 9.93. The molecule has 0 aliphatic carbocycles. The fraction of sp³-hybridized carbons (Fsp3) is 0.379. The Kier molecular flexibility index (Phi) is 9.60. The Bertz CT molecular complexity index is 1210. The zero-order valence-corrected chi connectivity index (χ0v) is 21.4. The van der Waals surface area contributed by atoms with Crippen LogP contribution >= 0.6 is 0 Å². The van der Waals surface area contributed by atoms with Gasteiger partial charge in [0.2, 0.25) is 0 Å². The normalized spacial score (nSPS) is 12.9. The highest BCUT2D eigenvalue weighted by atomic mass is 19.1. The number of aliphatic carboxylic acids is 1. The van der Waals surface area contributed by atoms with Crippen LogP contribution in [0.15, 0.2) is 54.6 Å². The van der Waals surface area contributed by atoms with Crippen LogP contribution in [0.25, 0.3) is 11.3 Å². The highest BCUT2D eigenvalue weighted by Gasteiger charge is 2.29. The minimum absolute atomic E-state index is 0.0366. The number of halogens is 1. The Morgan fingerprint density at radius 1 is 1.00 bits per heavy atom. The van der Waals surface area contributed by atoms with Gasteiger partial charge in [-0.1, -0.05) is 39.0 Å². The Morgan fingerprint density at radius 2 is 1.65 bits per heavy atom. The molecule has 0 aliphatic heterocycles. The van der Waals surface area contributed by atoms with Crippen molar-refractivity contribution < 1.29 is 29.3 Å². The van der Waals surface area contributed by atoms with E-state index in [2.05, 4.69) is 5.32 Å². The number of aliphatic hydroxyl groups excluding tert-OH is 2. The molecule has 198 valence electrons. The molecule has 1 aromatic heterocycles. The minimum Gasteiger partial charge on any atom is -0.481 e. The van der Waals surface area contributed by atoms with Gasteiger partial charge in [0.15, 0.2) is 0 Å². The van der Waals surface area contributed by atoms with Gasteiger partial charge in [-0.15, -0.1) is 0 Å². The predicted octanol–water partition coefficient (Wildman–Crippen LogP) is 5.21. The summed E-state index contributed by atoms with van der Waals surface area (Å²) in [7, 11) is 0. The SMILES string of the molecule is CCc1c(C(=O)Nc2ccccc2)c(C(C)C)c(-c2ccc(F)cc2)n1CC[C@@H](O)C[C@@H](O)CC(=O)O. The first-order valence-corrected chi connectivity index (χ1v) is 12.6. The largest absolute Gasteiger partial charge is 0.481 e. The summed E-state index contributed by atoms with van der Waals surface area (Å²) in [5.74, 6) is -1.78. The number of aromatic nitrogens is 1. The summed E-state index contributed by atoms with van der Waals surface area (Å²) in [5, 5.41) is 32.4. The molecule has 4 N–H and O–H groups in total. The predicted molar refractivity (Wildman–Crippen MR) is 141 cm³/mol. The van der Waals surface area contributed by atoms with Crippen molar-refractivity contribution in [2.75, 3.05) is 5.32 Å². The van der Waals surface area contributed by atoms with Crippen molar-refractivity contribution >= 4 is 17.6 Å². The maximum atomic E-state index is 13.8. The van der Waals surface area contributed by atoms with E-state index in [0.717, 1.165) is 22.5 Å². The van der Waals surface area contributed by atoms with E-state index in [9.17, 15) is 24.2 Å². The van der Waals surface area contributed by atoms with Crippen molar-refractivity contribution in [3.05, 3.63) is 77.2 Å².